The van der Waals surface area contributed by atoms with E-state index in [1.54, 1.807) is 6.07 Å². The summed E-state index contributed by atoms with van der Waals surface area (Å²) >= 11 is 4.21. The summed E-state index contributed by atoms with van der Waals surface area (Å²) in [5, 5.41) is 3.45. The van der Waals surface area contributed by atoms with Crippen LogP contribution in [0.5, 0.6) is 0 Å². The lowest BCUT2D eigenvalue weighted by molar-refractivity contribution is 0.102. The Kier molecular flexibility index (Phi) is 5.49. The van der Waals surface area contributed by atoms with Gasteiger partial charge >= 0.3 is 0 Å². The Balaban J connectivity index is 1.51. The van der Waals surface area contributed by atoms with Crippen molar-refractivity contribution in [3.63, 3.8) is 0 Å². The molecule has 1 N–H and O–H groups in total. The number of amides is 1. The minimum absolute atomic E-state index is 0.215. The largest absolute Gasteiger partial charge is 0.352 e. The first-order valence-corrected chi connectivity index (χ1v) is 10.1. The number of anilines is 2. The summed E-state index contributed by atoms with van der Waals surface area (Å²) < 4.78 is 0. The lowest BCUT2D eigenvalue weighted by Gasteiger charge is -2.29. The van der Waals surface area contributed by atoms with Gasteiger partial charge in [0.25, 0.3) is 5.91 Å². The van der Waals surface area contributed by atoms with Crippen molar-refractivity contribution in [3.05, 3.63) is 71.2 Å². The minimum atomic E-state index is -0.215. The van der Waals surface area contributed by atoms with Gasteiger partial charge in [-0.3, -0.25) is 4.79 Å². The zero-order valence-corrected chi connectivity index (χ0v) is 17.4. The number of fused-ring (bicyclic) bond motifs is 1. The van der Waals surface area contributed by atoms with Gasteiger partial charge in [0, 0.05) is 37.0 Å². The minimum Gasteiger partial charge on any atom is -0.352 e. The van der Waals surface area contributed by atoms with Crippen LogP contribution in [0.25, 0.3) is 0 Å². The van der Waals surface area contributed by atoms with Crippen LogP contribution in [-0.2, 0) is 13.0 Å². The van der Waals surface area contributed by atoms with Crippen molar-refractivity contribution in [1.29, 1.82) is 0 Å². The molecule has 0 spiro atoms. The van der Waals surface area contributed by atoms with Gasteiger partial charge in [0.05, 0.1) is 5.69 Å². The molecule has 2 aromatic heterocycles. The van der Waals surface area contributed by atoms with Gasteiger partial charge in [0.1, 0.15) is 11.5 Å². The van der Waals surface area contributed by atoms with Crippen molar-refractivity contribution >= 4 is 30.0 Å². The monoisotopic (exact) mass is 405 g/mol. The number of thiol groups is 1. The molecule has 0 atom stereocenters. The number of nitrogens with one attached hydrogen (secondary N) is 1. The first-order chi connectivity index (χ1) is 14.0. The van der Waals surface area contributed by atoms with Gasteiger partial charge in [-0.1, -0.05) is 32.0 Å². The number of nitrogens with zero attached hydrogens (tertiary/aromatic N) is 4. The van der Waals surface area contributed by atoms with Gasteiger partial charge in [0.15, 0.2) is 5.16 Å². The number of carbonyl (C=O) groups is 1. The molecule has 0 saturated carbocycles. The molecule has 0 fully saturated rings. The van der Waals surface area contributed by atoms with Crippen molar-refractivity contribution in [2.24, 2.45) is 0 Å². The fourth-order valence-electron chi connectivity index (χ4n) is 3.40. The van der Waals surface area contributed by atoms with Crippen LogP contribution in [0, 0.1) is 0 Å². The van der Waals surface area contributed by atoms with Crippen molar-refractivity contribution in [2.75, 3.05) is 16.8 Å². The van der Waals surface area contributed by atoms with E-state index in [9.17, 15) is 4.79 Å². The fraction of sp³-hybridized carbons (Fsp3) is 0.273. The maximum absolute atomic E-state index is 12.7. The van der Waals surface area contributed by atoms with Crippen LogP contribution in [0.2, 0.25) is 0 Å². The molecule has 1 aliphatic rings. The molecule has 1 aromatic carbocycles. The van der Waals surface area contributed by atoms with Crippen LogP contribution in [0.15, 0.2) is 53.8 Å². The Morgan fingerprint density at radius 3 is 2.83 bits per heavy atom. The van der Waals surface area contributed by atoms with E-state index in [1.807, 2.05) is 36.5 Å². The smallest absolute Gasteiger partial charge is 0.274 e. The Hall–Kier alpha value is -2.93. The summed E-state index contributed by atoms with van der Waals surface area (Å²) in [5.41, 5.74) is 4.45. The van der Waals surface area contributed by atoms with E-state index in [4.69, 9.17) is 0 Å². The molecule has 1 amide bonds. The molecule has 0 radical (unpaired) electrons. The van der Waals surface area contributed by atoms with Crippen LogP contribution in [-0.4, -0.2) is 27.4 Å². The van der Waals surface area contributed by atoms with Crippen LogP contribution in [0.4, 0.5) is 11.5 Å². The lowest BCUT2D eigenvalue weighted by atomic mass is 10.0. The summed E-state index contributed by atoms with van der Waals surface area (Å²) in [6, 6.07) is 13.4. The number of pyridine rings is 1. The average Bonchev–Trinajstić information content (AvgIpc) is 2.73. The van der Waals surface area contributed by atoms with Gasteiger partial charge in [-0.05, 0) is 35.7 Å². The summed E-state index contributed by atoms with van der Waals surface area (Å²) in [4.78, 5) is 28.1. The highest BCUT2D eigenvalue weighted by Crippen LogP contribution is 2.23. The quantitative estimate of drug-likeness (QED) is 0.505. The van der Waals surface area contributed by atoms with Crippen molar-refractivity contribution in [3.8, 4) is 0 Å². The standard InChI is InChI=1S/C22H23N5OS/c1-14(2)15-5-3-6-17(11-15)24-21(28)19-7-4-8-20(25-19)27-10-9-18-16(13-27)12-23-22(29)26-18/h3-8,11-12,14H,9-10,13H2,1-2H3,(H,24,28)(H,23,26,29). The topological polar surface area (TPSA) is 71.0 Å². The highest BCUT2D eigenvalue weighted by molar-refractivity contribution is 7.80. The molecular formula is C22H23N5OS. The average molecular weight is 406 g/mol. The summed E-state index contributed by atoms with van der Waals surface area (Å²) in [5.74, 6) is 0.959. The number of carbonyl (C=O) groups excluding carboxylic acids is 1. The second-order valence-electron chi connectivity index (χ2n) is 7.43. The Bertz CT molecular complexity index is 1050. The zero-order chi connectivity index (χ0) is 20.4. The number of hydrogen-bond acceptors (Lipinski definition) is 6. The van der Waals surface area contributed by atoms with E-state index in [1.165, 1.54) is 5.56 Å². The molecule has 3 aromatic rings. The molecular weight excluding hydrogens is 382 g/mol. The SMILES string of the molecule is CC(C)c1cccc(NC(=O)c2cccc(N3CCc4nc(S)ncc4C3)n2)c1. The molecule has 3 heterocycles. The highest BCUT2D eigenvalue weighted by Gasteiger charge is 2.20. The van der Waals surface area contributed by atoms with Crippen LogP contribution in [0.1, 0.15) is 47.1 Å². The summed E-state index contributed by atoms with van der Waals surface area (Å²) in [6.07, 6.45) is 2.61. The summed E-state index contributed by atoms with van der Waals surface area (Å²) in [6.45, 7) is 5.71. The van der Waals surface area contributed by atoms with E-state index >= 15 is 0 Å². The molecule has 0 aliphatic carbocycles. The molecule has 0 unspecified atom stereocenters. The predicted molar refractivity (Wildman–Crippen MR) is 117 cm³/mol. The number of aromatic nitrogens is 3. The number of benzene rings is 1. The second kappa shape index (κ2) is 8.21. The van der Waals surface area contributed by atoms with Crippen molar-refractivity contribution in [1.82, 2.24) is 15.0 Å². The molecule has 6 nitrogen and oxygen atoms in total. The first-order valence-electron chi connectivity index (χ1n) is 9.66. The normalized spacial score (nSPS) is 13.3. The Morgan fingerprint density at radius 1 is 1.17 bits per heavy atom. The zero-order valence-electron chi connectivity index (χ0n) is 16.5. The van der Waals surface area contributed by atoms with E-state index in [2.05, 4.69) is 57.7 Å². The fourth-order valence-corrected chi connectivity index (χ4v) is 3.58. The molecule has 0 saturated heterocycles. The van der Waals surface area contributed by atoms with Gasteiger partial charge in [-0.25, -0.2) is 15.0 Å². The highest BCUT2D eigenvalue weighted by atomic mass is 32.1. The third-order valence-corrected chi connectivity index (χ3v) is 5.24. The Labute approximate surface area is 175 Å². The predicted octanol–water partition coefficient (Wildman–Crippen LogP) is 4.10. The van der Waals surface area contributed by atoms with E-state index in [-0.39, 0.29) is 5.91 Å². The molecule has 4 rings (SSSR count). The van der Waals surface area contributed by atoms with Gasteiger partial charge in [0.2, 0.25) is 0 Å². The van der Waals surface area contributed by atoms with Crippen LogP contribution < -0.4 is 10.2 Å². The van der Waals surface area contributed by atoms with Gasteiger partial charge in [-0.2, -0.15) is 0 Å². The van der Waals surface area contributed by atoms with Crippen molar-refractivity contribution < 1.29 is 4.79 Å². The third-order valence-electron chi connectivity index (χ3n) is 5.02. The van der Waals surface area contributed by atoms with E-state index in [0.717, 1.165) is 35.7 Å². The van der Waals surface area contributed by atoms with Crippen LogP contribution >= 0.6 is 12.6 Å². The van der Waals surface area contributed by atoms with E-state index in [0.29, 0.717) is 23.3 Å². The molecule has 148 valence electrons. The second-order valence-corrected chi connectivity index (χ2v) is 7.83. The Morgan fingerprint density at radius 2 is 2.00 bits per heavy atom. The molecule has 0 bridgehead atoms. The van der Waals surface area contributed by atoms with Crippen molar-refractivity contribution in [2.45, 2.75) is 37.9 Å². The summed E-state index contributed by atoms with van der Waals surface area (Å²) in [7, 11) is 0. The lowest BCUT2D eigenvalue weighted by Crippen LogP contribution is -2.32. The van der Waals surface area contributed by atoms with Gasteiger partial charge < -0.3 is 10.2 Å². The number of rotatable bonds is 4. The first kappa shape index (κ1) is 19.4. The molecule has 1 aliphatic heterocycles. The van der Waals surface area contributed by atoms with Gasteiger partial charge in [-0.15, -0.1) is 12.6 Å². The molecule has 7 heteroatoms. The van der Waals surface area contributed by atoms with E-state index < -0.39 is 0 Å². The van der Waals surface area contributed by atoms with Crippen LogP contribution in [0.3, 0.4) is 0 Å². The number of hydrogen-bond donors (Lipinski definition) is 2. The maximum atomic E-state index is 12.7. The third kappa shape index (κ3) is 4.40. The molecule has 29 heavy (non-hydrogen) atoms. The maximum Gasteiger partial charge on any atom is 0.274 e.